The standard InChI is InChI=1S/C22H26N4O3/c1-2-21(18-6-4-3-5-7-18)23-24-22(27)19-12-14-25(15-13-19)16-17-8-10-20(11-9-17)26(28)29/h3-11,19H,2,12-16H2,1H3,(H,24,27)/p+1/b23-21-. The molecule has 7 nitrogen and oxygen atoms in total. The Labute approximate surface area is 170 Å². The molecule has 1 fully saturated rings. The monoisotopic (exact) mass is 395 g/mol. The third-order valence-corrected chi connectivity index (χ3v) is 5.41. The fraction of sp³-hybridized carbons (Fsp3) is 0.364. The maximum absolute atomic E-state index is 12.5. The molecular weight excluding hydrogens is 368 g/mol. The number of hydrogen-bond donors (Lipinski definition) is 2. The van der Waals surface area contributed by atoms with Crippen LogP contribution in [0.4, 0.5) is 5.69 Å². The normalized spacial score (nSPS) is 19.6. The third kappa shape index (κ3) is 5.71. The predicted molar refractivity (Wildman–Crippen MR) is 112 cm³/mol. The van der Waals surface area contributed by atoms with Crippen LogP contribution < -0.4 is 10.3 Å². The molecule has 1 aliphatic heterocycles. The zero-order chi connectivity index (χ0) is 20.6. The minimum absolute atomic E-state index is 0.0127. The second kappa shape index (κ2) is 9.93. The van der Waals surface area contributed by atoms with E-state index in [0.717, 1.165) is 55.7 Å². The lowest BCUT2D eigenvalue weighted by atomic mass is 9.96. The molecule has 2 aromatic rings. The number of hydrogen-bond acceptors (Lipinski definition) is 4. The highest BCUT2D eigenvalue weighted by Gasteiger charge is 2.27. The van der Waals surface area contributed by atoms with E-state index < -0.39 is 0 Å². The number of nitrogens with one attached hydrogen (secondary N) is 2. The SMILES string of the molecule is CC/C(=N/NC(=O)C1CC[NH+](Cc2ccc([N+](=O)[O-])cc2)CC1)c1ccccc1. The van der Waals surface area contributed by atoms with Crippen molar-refractivity contribution in [2.75, 3.05) is 13.1 Å². The largest absolute Gasteiger partial charge is 0.331 e. The van der Waals surface area contributed by atoms with Crippen molar-refractivity contribution in [2.24, 2.45) is 11.0 Å². The molecule has 0 unspecified atom stereocenters. The van der Waals surface area contributed by atoms with Gasteiger partial charge in [-0.15, -0.1) is 0 Å². The summed E-state index contributed by atoms with van der Waals surface area (Å²) in [6.45, 7) is 4.65. The Hall–Kier alpha value is -3.06. The van der Waals surface area contributed by atoms with E-state index in [-0.39, 0.29) is 22.4 Å². The van der Waals surface area contributed by atoms with Crippen LogP contribution in [0.3, 0.4) is 0 Å². The van der Waals surface area contributed by atoms with Crippen molar-refractivity contribution in [2.45, 2.75) is 32.7 Å². The van der Waals surface area contributed by atoms with Gasteiger partial charge in [-0.05, 0) is 24.1 Å². The van der Waals surface area contributed by atoms with E-state index >= 15 is 0 Å². The van der Waals surface area contributed by atoms with Gasteiger partial charge in [0.25, 0.3) is 5.69 Å². The number of likely N-dealkylation sites (tertiary alicyclic amines) is 1. The lowest BCUT2D eigenvalue weighted by Gasteiger charge is -2.28. The summed E-state index contributed by atoms with van der Waals surface area (Å²) in [5.74, 6) is -0.0329. The van der Waals surface area contributed by atoms with Crippen LogP contribution in [0.2, 0.25) is 0 Å². The number of nitro benzene ring substituents is 1. The molecule has 1 saturated heterocycles. The number of carbonyl (C=O) groups is 1. The van der Waals surface area contributed by atoms with Crippen molar-refractivity contribution < 1.29 is 14.6 Å². The molecule has 0 aliphatic carbocycles. The highest BCUT2D eigenvalue weighted by molar-refractivity contribution is 6.00. The van der Waals surface area contributed by atoms with Gasteiger partial charge >= 0.3 is 0 Å². The summed E-state index contributed by atoms with van der Waals surface area (Å²) < 4.78 is 0. The zero-order valence-corrected chi connectivity index (χ0v) is 16.6. The molecule has 0 bridgehead atoms. The molecule has 2 aromatic carbocycles. The summed E-state index contributed by atoms with van der Waals surface area (Å²) in [6.07, 6.45) is 2.38. The van der Waals surface area contributed by atoms with Crippen molar-refractivity contribution in [1.82, 2.24) is 5.43 Å². The van der Waals surface area contributed by atoms with Gasteiger partial charge in [0.1, 0.15) is 6.54 Å². The minimum atomic E-state index is -0.384. The lowest BCUT2D eigenvalue weighted by Crippen LogP contribution is -3.11. The van der Waals surface area contributed by atoms with Gasteiger partial charge in [-0.1, -0.05) is 37.3 Å². The third-order valence-electron chi connectivity index (χ3n) is 5.41. The first kappa shape index (κ1) is 20.7. The van der Waals surface area contributed by atoms with E-state index in [4.69, 9.17) is 0 Å². The molecule has 1 amide bonds. The maximum Gasteiger partial charge on any atom is 0.269 e. The Kier molecular flexibility index (Phi) is 7.08. The fourth-order valence-corrected chi connectivity index (χ4v) is 3.68. The van der Waals surface area contributed by atoms with Gasteiger partial charge in [0, 0.05) is 30.5 Å². The minimum Gasteiger partial charge on any atom is -0.331 e. The van der Waals surface area contributed by atoms with E-state index in [1.807, 2.05) is 49.4 Å². The first-order valence-corrected chi connectivity index (χ1v) is 10.1. The molecule has 0 spiro atoms. The van der Waals surface area contributed by atoms with Gasteiger partial charge in [0.05, 0.1) is 29.6 Å². The van der Waals surface area contributed by atoms with E-state index in [1.165, 1.54) is 4.90 Å². The number of carbonyl (C=O) groups excluding carboxylic acids is 1. The van der Waals surface area contributed by atoms with Gasteiger partial charge in [-0.25, -0.2) is 5.43 Å². The van der Waals surface area contributed by atoms with E-state index in [9.17, 15) is 14.9 Å². The van der Waals surface area contributed by atoms with E-state index in [0.29, 0.717) is 0 Å². The summed E-state index contributed by atoms with van der Waals surface area (Å²) in [5, 5.41) is 15.1. The zero-order valence-electron chi connectivity index (χ0n) is 16.6. The number of nitro groups is 1. The maximum atomic E-state index is 12.5. The molecular formula is C22H27N4O3+. The molecule has 7 heteroatoms. The molecule has 152 valence electrons. The molecule has 2 N–H and O–H groups in total. The Balaban J connectivity index is 1.49. The van der Waals surface area contributed by atoms with E-state index in [1.54, 1.807) is 12.1 Å². The van der Waals surface area contributed by atoms with E-state index in [2.05, 4.69) is 10.5 Å². The van der Waals surface area contributed by atoms with Crippen LogP contribution in [0.5, 0.6) is 0 Å². The lowest BCUT2D eigenvalue weighted by molar-refractivity contribution is -0.919. The molecule has 0 saturated carbocycles. The highest BCUT2D eigenvalue weighted by atomic mass is 16.6. The highest BCUT2D eigenvalue weighted by Crippen LogP contribution is 2.13. The predicted octanol–water partition coefficient (Wildman–Crippen LogP) is 2.32. The summed E-state index contributed by atoms with van der Waals surface area (Å²) in [7, 11) is 0. The topological polar surface area (TPSA) is 89.0 Å². The van der Waals surface area contributed by atoms with Gasteiger partial charge in [0.15, 0.2) is 0 Å². The van der Waals surface area contributed by atoms with Crippen molar-refractivity contribution in [1.29, 1.82) is 0 Å². The second-order valence-corrected chi connectivity index (χ2v) is 7.38. The van der Waals surface area contributed by atoms with Gasteiger partial charge in [-0.3, -0.25) is 14.9 Å². The number of piperidine rings is 1. The summed E-state index contributed by atoms with van der Waals surface area (Å²) in [6, 6.07) is 16.6. The van der Waals surface area contributed by atoms with Crippen LogP contribution in [0.1, 0.15) is 37.3 Å². The number of benzene rings is 2. The number of amides is 1. The smallest absolute Gasteiger partial charge is 0.269 e. The fourth-order valence-electron chi connectivity index (χ4n) is 3.68. The molecule has 3 rings (SSSR count). The number of quaternary nitrogens is 1. The molecule has 0 radical (unpaired) electrons. The number of nitrogens with zero attached hydrogens (tertiary/aromatic N) is 2. The van der Waals surface area contributed by atoms with Gasteiger partial charge in [-0.2, -0.15) is 5.10 Å². The summed E-state index contributed by atoms with van der Waals surface area (Å²) in [5.41, 5.74) is 5.85. The Morgan fingerprint density at radius 2 is 1.79 bits per heavy atom. The van der Waals surface area contributed by atoms with Crippen molar-refractivity contribution in [3.8, 4) is 0 Å². The average Bonchev–Trinajstić information content (AvgIpc) is 2.75. The quantitative estimate of drug-likeness (QED) is 0.428. The average molecular weight is 395 g/mol. The van der Waals surface area contributed by atoms with Crippen molar-refractivity contribution in [3.05, 3.63) is 75.8 Å². The van der Waals surface area contributed by atoms with Crippen LogP contribution >= 0.6 is 0 Å². The molecule has 0 atom stereocenters. The Morgan fingerprint density at radius 3 is 2.38 bits per heavy atom. The molecule has 29 heavy (non-hydrogen) atoms. The van der Waals surface area contributed by atoms with Crippen LogP contribution in [-0.4, -0.2) is 29.6 Å². The number of hydrazone groups is 1. The molecule has 1 aliphatic rings. The van der Waals surface area contributed by atoms with Crippen molar-refractivity contribution in [3.63, 3.8) is 0 Å². The molecule has 0 aromatic heterocycles. The molecule has 1 heterocycles. The van der Waals surface area contributed by atoms with Gasteiger partial charge < -0.3 is 4.90 Å². The van der Waals surface area contributed by atoms with Crippen LogP contribution in [0.25, 0.3) is 0 Å². The van der Waals surface area contributed by atoms with Crippen LogP contribution in [0, 0.1) is 16.0 Å². The Morgan fingerprint density at radius 1 is 1.14 bits per heavy atom. The number of non-ortho nitro benzene ring substituents is 1. The number of rotatable bonds is 7. The first-order chi connectivity index (χ1) is 14.1. The van der Waals surface area contributed by atoms with Crippen molar-refractivity contribution >= 4 is 17.3 Å². The Bertz CT molecular complexity index is 857. The summed E-state index contributed by atoms with van der Waals surface area (Å²) >= 11 is 0. The second-order valence-electron chi connectivity index (χ2n) is 7.38. The van der Waals surface area contributed by atoms with Gasteiger partial charge in [0.2, 0.25) is 5.91 Å². The summed E-state index contributed by atoms with van der Waals surface area (Å²) in [4.78, 5) is 24.3. The van der Waals surface area contributed by atoms with Crippen LogP contribution in [0.15, 0.2) is 59.7 Å². The first-order valence-electron chi connectivity index (χ1n) is 10.1. The van der Waals surface area contributed by atoms with Crippen LogP contribution in [-0.2, 0) is 11.3 Å².